The Balaban J connectivity index is 2.48. The van der Waals surface area contributed by atoms with E-state index in [1.54, 1.807) is 18.2 Å². The zero-order valence-electron chi connectivity index (χ0n) is 7.58. The molecule has 0 radical (unpaired) electrons. The predicted octanol–water partition coefficient (Wildman–Crippen LogP) is 3.25. The van der Waals surface area contributed by atoms with Crippen molar-refractivity contribution in [1.29, 1.82) is 0 Å². The first-order valence-electron chi connectivity index (χ1n) is 4.22. The van der Waals surface area contributed by atoms with Crippen LogP contribution in [0.3, 0.4) is 0 Å². The van der Waals surface area contributed by atoms with Gasteiger partial charge in [-0.3, -0.25) is 0 Å². The number of aliphatic hydroxyl groups excluding tert-OH is 1. The maximum atomic E-state index is 8.85. The van der Waals surface area contributed by atoms with Gasteiger partial charge in [-0.25, -0.2) is 0 Å². The molecule has 1 N–H and O–H groups in total. The molecule has 3 nitrogen and oxygen atoms in total. The van der Waals surface area contributed by atoms with Crippen molar-refractivity contribution in [3.8, 4) is 11.3 Å². The lowest BCUT2D eigenvalue weighted by Crippen LogP contribution is -1.79. The third-order valence-corrected chi connectivity index (χ3v) is 2.85. The Morgan fingerprint density at radius 1 is 1.40 bits per heavy atom. The number of benzene rings is 1. The van der Waals surface area contributed by atoms with E-state index in [0.717, 1.165) is 10.0 Å². The molecule has 0 saturated carbocycles. The molecule has 0 saturated heterocycles. The summed E-state index contributed by atoms with van der Waals surface area (Å²) >= 11 is 9.27. The van der Waals surface area contributed by atoms with Gasteiger partial charge < -0.3 is 9.63 Å². The summed E-state index contributed by atoms with van der Waals surface area (Å²) in [6.07, 6.45) is 0. The first-order chi connectivity index (χ1) is 7.20. The summed E-state index contributed by atoms with van der Waals surface area (Å²) < 4.78 is 5.78. The molecule has 0 aliphatic rings. The van der Waals surface area contributed by atoms with Crippen LogP contribution < -0.4 is 0 Å². The number of halogens is 2. The van der Waals surface area contributed by atoms with Gasteiger partial charge in [0.1, 0.15) is 12.3 Å². The molecule has 1 heterocycles. The molecule has 0 unspecified atom stereocenters. The molecule has 15 heavy (non-hydrogen) atoms. The fourth-order valence-corrected chi connectivity index (χ4v) is 1.83. The minimum atomic E-state index is -0.162. The van der Waals surface area contributed by atoms with Crippen molar-refractivity contribution in [1.82, 2.24) is 5.16 Å². The molecule has 0 fully saturated rings. The normalized spacial score (nSPS) is 10.6. The lowest BCUT2D eigenvalue weighted by molar-refractivity contribution is 0.229. The molecule has 2 rings (SSSR count). The van der Waals surface area contributed by atoms with E-state index in [1.165, 1.54) is 0 Å². The highest BCUT2D eigenvalue weighted by Crippen LogP contribution is 2.30. The Hall–Kier alpha value is -0.840. The number of nitrogens with zero attached hydrogens (tertiary/aromatic N) is 1. The van der Waals surface area contributed by atoms with Crippen molar-refractivity contribution in [3.63, 3.8) is 0 Å². The van der Waals surface area contributed by atoms with Gasteiger partial charge in [0.2, 0.25) is 0 Å². The Bertz CT molecular complexity index is 484. The molecule has 0 spiro atoms. The summed E-state index contributed by atoms with van der Waals surface area (Å²) in [4.78, 5) is 0. The number of hydrogen-bond acceptors (Lipinski definition) is 3. The second-order valence-electron chi connectivity index (χ2n) is 2.96. The van der Waals surface area contributed by atoms with Crippen molar-refractivity contribution in [3.05, 3.63) is 39.5 Å². The van der Waals surface area contributed by atoms with Crippen LogP contribution in [0.4, 0.5) is 0 Å². The summed E-state index contributed by atoms with van der Waals surface area (Å²) in [6.45, 7) is -0.162. The van der Waals surface area contributed by atoms with E-state index in [0.29, 0.717) is 16.5 Å². The van der Waals surface area contributed by atoms with Gasteiger partial charge in [0.25, 0.3) is 0 Å². The van der Waals surface area contributed by atoms with E-state index >= 15 is 0 Å². The molecule has 78 valence electrons. The van der Waals surface area contributed by atoms with Crippen LogP contribution in [0.2, 0.25) is 5.02 Å². The fraction of sp³-hybridized carbons (Fsp3) is 0.100. The fourth-order valence-electron chi connectivity index (χ4n) is 1.21. The average molecular weight is 289 g/mol. The number of aromatic nitrogens is 1. The second-order valence-corrected chi connectivity index (χ2v) is 4.25. The highest BCUT2D eigenvalue weighted by Gasteiger charge is 2.09. The standard InChI is InChI=1S/C10H7BrClNO2/c11-9-2-1-6(12)3-8(9)10-4-7(5-14)15-13-10/h1-4,14H,5H2. The Morgan fingerprint density at radius 3 is 2.87 bits per heavy atom. The van der Waals surface area contributed by atoms with Gasteiger partial charge in [0, 0.05) is 21.1 Å². The van der Waals surface area contributed by atoms with Gasteiger partial charge in [-0.05, 0) is 18.2 Å². The predicted molar refractivity (Wildman–Crippen MR) is 60.6 cm³/mol. The number of aliphatic hydroxyl groups is 1. The van der Waals surface area contributed by atoms with Crippen LogP contribution in [0.5, 0.6) is 0 Å². The van der Waals surface area contributed by atoms with Crippen molar-refractivity contribution >= 4 is 27.5 Å². The van der Waals surface area contributed by atoms with E-state index in [4.69, 9.17) is 21.2 Å². The van der Waals surface area contributed by atoms with Crippen molar-refractivity contribution in [2.75, 3.05) is 0 Å². The van der Waals surface area contributed by atoms with Crippen LogP contribution in [0, 0.1) is 0 Å². The lowest BCUT2D eigenvalue weighted by Gasteiger charge is -1.99. The molecule has 2 aromatic rings. The molecule has 0 aliphatic heterocycles. The molecule has 0 atom stereocenters. The van der Waals surface area contributed by atoms with Crippen LogP contribution in [0.15, 0.2) is 33.3 Å². The molecule has 5 heteroatoms. The maximum Gasteiger partial charge on any atom is 0.162 e. The van der Waals surface area contributed by atoms with Gasteiger partial charge in [0.05, 0.1) is 0 Å². The molecule has 0 bridgehead atoms. The summed E-state index contributed by atoms with van der Waals surface area (Å²) in [5.74, 6) is 0.428. The number of hydrogen-bond donors (Lipinski definition) is 1. The van der Waals surface area contributed by atoms with Crippen LogP contribution >= 0.6 is 27.5 Å². The number of rotatable bonds is 2. The van der Waals surface area contributed by atoms with E-state index in [9.17, 15) is 0 Å². The Morgan fingerprint density at radius 2 is 2.20 bits per heavy atom. The smallest absolute Gasteiger partial charge is 0.162 e. The zero-order chi connectivity index (χ0) is 10.8. The lowest BCUT2D eigenvalue weighted by atomic mass is 10.1. The van der Waals surface area contributed by atoms with Crippen LogP contribution in [-0.4, -0.2) is 10.3 Å². The zero-order valence-corrected chi connectivity index (χ0v) is 9.92. The minimum Gasteiger partial charge on any atom is -0.388 e. The monoisotopic (exact) mass is 287 g/mol. The maximum absolute atomic E-state index is 8.85. The average Bonchev–Trinajstić information content (AvgIpc) is 2.70. The van der Waals surface area contributed by atoms with Gasteiger partial charge in [-0.2, -0.15) is 0 Å². The van der Waals surface area contributed by atoms with Crippen LogP contribution in [0.1, 0.15) is 5.76 Å². The van der Waals surface area contributed by atoms with Crippen molar-refractivity contribution in [2.24, 2.45) is 0 Å². The second kappa shape index (κ2) is 4.35. The third kappa shape index (κ3) is 2.22. The highest BCUT2D eigenvalue weighted by molar-refractivity contribution is 9.10. The molecular formula is C10H7BrClNO2. The molecule has 0 amide bonds. The van der Waals surface area contributed by atoms with E-state index in [2.05, 4.69) is 21.1 Å². The van der Waals surface area contributed by atoms with Gasteiger partial charge in [0.15, 0.2) is 5.76 Å². The van der Waals surface area contributed by atoms with E-state index in [1.807, 2.05) is 6.07 Å². The van der Waals surface area contributed by atoms with E-state index < -0.39 is 0 Å². The third-order valence-electron chi connectivity index (χ3n) is 1.92. The largest absolute Gasteiger partial charge is 0.388 e. The summed E-state index contributed by atoms with van der Waals surface area (Å²) in [7, 11) is 0. The molecule has 0 aliphatic carbocycles. The van der Waals surface area contributed by atoms with E-state index in [-0.39, 0.29) is 6.61 Å². The first-order valence-corrected chi connectivity index (χ1v) is 5.39. The van der Waals surface area contributed by atoms with Crippen LogP contribution in [-0.2, 0) is 6.61 Å². The Labute approximate surface area is 99.8 Å². The van der Waals surface area contributed by atoms with Gasteiger partial charge in [-0.1, -0.05) is 32.7 Å². The summed E-state index contributed by atoms with van der Waals surface area (Å²) in [5, 5.41) is 13.3. The quantitative estimate of drug-likeness (QED) is 0.922. The van der Waals surface area contributed by atoms with Crippen molar-refractivity contribution < 1.29 is 9.63 Å². The van der Waals surface area contributed by atoms with Crippen LogP contribution in [0.25, 0.3) is 11.3 Å². The first kappa shape index (κ1) is 10.7. The molecule has 1 aromatic carbocycles. The van der Waals surface area contributed by atoms with Gasteiger partial charge >= 0.3 is 0 Å². The summed E-state index contributed by atoms with van der Waals surface area (Å²) in [5.41, 5.74) is 1.49. The topological polar surface area (TPSA) is 46.3 Å². The Kier molecular flexibility index (Phi) is 3.09. The highest BCUT2D eigenvalue weighted by atomic mass is 79.9. The molecule has 1 aromatic heterocycles. The molecular weight excluding hydrogens is 281 g/mol. The van der Waals surface area contributed by atoms with Crippen molar-refractivity contribution in [2.45, 2.75) is 6.61 Å². The minimum absolute atomic E-state index is 0.162. The summed E-state index contributed by atoms with van der Waals surface area (Å²) in [6, 6.07) is 7.08. The van der Waals surface area contributed by atoms with Gasteiger partial charge in [-0.15, -0.1) is 0 Å². The SMILES string of the molecule is OCc1cc(-c2cc(Cl)ccc2Br)no1.